The van der Waals surface area contributed by atoms with Gasteiger partial charge in [0.2, 0.25) is 0 Å². The van der Waals surface area contributed by atoms with Gasteiger partial charge in [0.15, 0.2) is 13.2 Å². The molecule has 21 heavy (non-hydrogen) atoms. The van der Waals surface area contributed by atoms with Gasteiger partial charge in [-0.3, -0.25) is 10.1 Å². The molecule has 0 spiro atoms. The molecule has 0 bridgehead atoms. The van der Waals surface area contributed by atoms with Gasteiger partial charge < -0.3 is 14.2 Å². The monoisotopic (exact) mass is 295 g/mol. The van der Waals surface area contributed by atoms with Gasteiger partial charge in [0, 0.05) is 0 Å². The van der Waals surface area contributed by atoms with Crippen LogP contribution in [0.3, 0.4) is 0 Å². The summed E-state index contributed by atoms with van der Waals surface area (Å²) in [6.45, 7) is 2.74. The zero-order chi connectivity index (χ0) is 15.7. The number of esters is 1. The number of imide groups is 1. The molecule has 1 aromatic rings. The van der Waals surface area contributed by atoms with E-state index >= 15 is 0 Å². The van der Waals surface area contributed by atoms with E-state index in [0.717, 1.165) is 5.56 Å². The van der Waals surface area contributed by atoms with Gasteiger partial charge in [-0.15, -0.1) is 0 Å². The molecule has 0 aliphatic heterocycles. The van der Waals surface area contributed by atoms with E-state index in [-0.39, 0.29) is 13.2 Å². The SMILES string of the molecule is CCOC(=O)NC(=O)COC(=O)COc1cccc(C)c1. The number of carbonyl (C=O) groups excluding carboxylic acids is 3. The van der Waals surface area contributed by atoms with E-state index in [1.165, 1.54) is 0 Å². The first-order valence-electron chi connectivity index (χ1n) is 6.33. The maximum Gasteiger partial charge on any atom is 0.413 e. The van der Waals surface area contributed by atoms with Crippen LogP contribution >= 0.6 is 0 Å². The van der Waals surface area contributed by atoms with Crippen molar-refractivity contribution >= 4 is 18.0 Å². The molecule has 1 aromatic carbocycles. The minimum Gasteiger partial charge on any atom is -0.482 e. The van der Waals surface area contributed by atoms with E-state index in [1.807, 2.05) is 18.3 Å². The first-order valence-corrected chi connectivity index (χ1v) is 6.33. The third-order valence-corrected chi connectivity index (χ3v) is 2.23. The molecule has 0 saturated heterocycles. The maximum absolute atomic E-state index is 11.4. The van der Waals surface area contributed by atoms with Gasteiger partial charge in [-0.05, 0) is 31.5 Å². The van der Waals surface area contributed by atoms with Crippen molar-refractivity contribution in [3.05, 3.63) is 29.8 Å². The third-order valence-electron chi connectivity index (χ3n) is 2.23. The fourth-order valence-electron chi connectivity index (χ4n) is 1.35. The van der Waals surface area contributed by atoms with Crippen LogP contribution in [0.2, 0.25) is 0 Å². The Bertz CT molecular complexity index is 514. The predicted molar refractivity (Wildman–Crippen MR) is 72.8 cm³/mol. The summed E-state index contributed by atoms with van der Waals surface area (Å²) < 4.78 is 14.4. The third kappa shape index (κ3) is 6.95. The zero-order valence-corrected chi connectivity index (χ0v) is 11.9. The molecular weight excluding hydrogens is 278 g/mol. The molecule has 0 heterocycles. The fraction of sp³-hybridized carbons (Fsp3) is 0.357. The van der Waals surface area contributed by atoms with Gasteiger partial charge in [-0.1, -0.05) is 12.1 Å². The Kier molecular flexibility index (Phi) is 6.73. The molecule has 0 atom stereocenters. The van der Waals surface area contributed by atoms with Crippen molar-refractivity contribution in [3.63, 3.8) is 0 Å². The van der Waals surface area contributed by atoms with Crippen LogP contribution < -0.4 is 10.1 Å². The molecule has 114 valence electrons. The Balaban J connectivity index is 2.25. The molecule has 0 aliphatic rings. The lowest BCUT2D eigenvalue weighted by atomic mass is 10.2. The van der Waals surface area contributed by atoms with Crippen molar-refractivity contribution in [2.75, 3.05) is 19.8 Å². The first-order chi connectivity index (χ1) is 10.0. The van der Waals surface area contributed by atoms with Crippen LogP contribution in [-0.4, -0.2) is 37.8 Å². The van der Waals surface area contributed by atoms with Gasteiger partial charge in [0.05, 0.1) is 6.61 Å². The van der Waals surface area contributed by atoms with Crippen LogP contribution in [0.1, 0.15) is 12.5 Å². The van der Waals surface area contributed by atoms with Crippen LogP contribution in [0, 0.1) is 6.92 Å². The van der Waals surface area contributed by atoms with Crippen LogP contribution in [0.25, 0.3) is 0 Å². The number of benzene rings is 1. The molecule has 0 fully saturated rings. The number of ether oxygens (including phenoxy) is 3. The Morgan fingerprint density at radius 2 is 1.90 bits per heavy atom. The Morgan fingerprint density at radius 3 is 2.57 bits per heavy atom. The summed E-state index contributed by atoms with van der Waals surface area (Å²) in [7, 11) is 0. The lowest BCUT2D eigenvalue weighted by Crippen LogP contribution is -2.35. The molecule has 7 heteroatoms. The number of rotatable bonds is 6. The summed E-state index contributed by atoms with van der Waals surface area (Å²) in [6, 6.07) is 7.15. The second-order valence-electron chi connectivity index (χ2n) is 4.03. The zero-order valence-electron chi connectivity index (χ0n) is 11.9. The largest absolute Gasteiger partial charge is 0.482 e. The highest BCUT2D eigenvalue weighted by Crippen LogP contribution is 2.11. The number of hydrogen-bond acceptors (Lipinski definition) is 6. The van der Waals surface area contributed by atoms with Crippen molar-refractivity contribution in [1.29, 1.82) is 0 Å². The highest BCUT2D eigenvalue weighted by molar-refractivity contribution is 5.93. The maximum atomic E-state index is 11.4. The summed E-state index contributed by atoms with van der Waals surface area (Å²) in [5.74, 6) is -0.948. The van der Waals surface area contributed by atoms with Crippen molar-refractivity contribution in [2.24, 2.45) is 0 Å². The minimum atomic E-state index is -0.880. The lowest BCUT2D eigenvalue weighted by molar-refractivity contribution is -0.150. The van der Waals surface area contributed by atoms with Crippen LogP contribution in [0.5, 0.6) is 5.75 Å². The Morgan fingerprint density at radius 1 is 1.14 bits per heavy atom. The minimum absolute atomic E-state index is 0.142. The van der Waals surface area contributed by atoms with Gasteiger partial charge in [0.25, 0.3) is 5.91 Å². The molecule has 0 unspecified atom stereocenters. The summed E-state index contributed by atoms with van der Waals surface area (Å²) in [5.41, 5.74) is 0.995. The molecule has 0 aromatic heterocycles. The second kappa shape index (κ2) is 8.57. The smallest absolute Gasteiger partial charge is 0.413 e. The molecule has 0 aliphatic carbocycles. The Hall–Kier alpha value is -2.57. The molecule has 2 amide bonds. The standard InChI is InChI=1S/C14H17NO6/c1-3-19-14(18)15-12(16)8-21-13(17)9-20-11-6-4-5-10(2)7-11/h4-7H,3,8-9H2,1-2H3,(H,15,16,18). The fourth-order valence-corrected chi connectivity index (χ4v) is 1.35. The summed E-state index contributed by atoms with van der Waals surface area (Å²) in [4.78, 5) is 33.5. The molecule has 0 radical (unpaired) electrons. The molecular formula is C14H17NO6. The van der Waals surface area contributed by atoms with Gasteiger partial charge >= 0.3 is 12.1 Å². The molecule has 1 N–H and O–H groups in total. The van der Waals surface area contributed by atoms with Crippen LogP contribution in [0.15, 0.2) is 24.3 Å². The van der Waals surface area contributed by atoms with Gasteiger partial charge in [0.1, 0.15) is 5.75 Å². The highest BCUT2D eigenvalue weighted by Gasteiger charge is 2.11. The second-order valence-corrected chi connectivity index (χ2v) is 4.03. The van der Waals surface area contributed by atoms with Crippen molar-refractivity contribution < 1.29 is 28.6 Å². The van der Waals surface area contributed by atoms with Gasteiger partial charge in [-0.25, -0.2) is 9.59 Å². The van der Waals surface area contributed by atoms with Gasteiger partial charge in [-0.2, -0.15) is 0 Å². The predicted octanol–water partition coefficient (Wildman–Crippen LogP) is 1.19. The topological polar surface area (TPSA) is 90.9 Å². The molecule has 1 rings (SSSR count). The average molecular weight is 295 g/mol. The highest BCUT2D eigenvalue weighted by atomic mass is 16.6. The van der Waals surface area contributed by atoms with E-state index in [1.54, 1.807) is 25.1 Å². The van der Waals surface area contributed by atoms with Crippen molar-refractivity contribution in [2.45, 2.75) is 13.8 Å². The Labute approximate surface area is 122 Å². The van der Waals surface area contributed by atoms with Crippen molar-refractivity contribution in [1.82, 2.24) is 5.32 Å². The lowest BCUT2D eigenvalue weighted by Gasteiger charge is -2.07. The molecule has 0 saturated carbocycles. The number of aryl methyl sites for hydroxylation is 1. The normalized spacial score (nSPS) is 9.62. The van der Waals surface area contributed by atoms with E-state index in [9.17, 15) is 14.4 Å². The number of alkyl carbamates (subject to hydrolysis) is 1. The number of nitrogens with one attached hydrogen (secondary N) is 1. The molecule has 7 nitrogen and oxygen atoms in total. The van der Waals surface area contributed by atoms with Crippen molar-refractivity contribution in [3.8, 4) is 5.75 Å². The number of amides is 2. The number of hydrogen-bond donors (Lipinski definition) is 1. The first kappa shape index (κ1) is 16.5. The van der Waals surface area contributed by atoms with Crippen LogP contribution in [0.4, 0.5) is 4.79 Å². The number of carbonyl (C=O) groups is 3. The van der Waals surface area contributed by atoms with E-state index in [4.69, 9.17) is 4.74 Å². The average Bonchev–Trinajstić information content (AvgIpc) is 2.43. The summed E-state index contributed by atoms with van der Waals surface area (Å²) in [6.07, 6.45) is -0.880. The summed E-state index contributed by atoms with van der Waals surface area (Å²) in [5, 5.41) is 1.90. The van der Waals surface area contributed by atoms with E-state index in [2.05, 4.69) is 9.47 Å². The van der Waals surface area contributed by atoms with E-state index in [0.29, 0.717) is 5.75 Å². The van der Waals surface area contributed by atoms with E-state index < -0.39 is 24.6 Å². The summed E-state index contributed by atoms with van der Waals surface area (Å²) >= 11 is 0. The van der Waals surface area contributed by atoms with Crippen LogP contribution in [-0.2, 0) is 19.1 Å². The quantitative estimate of drug-likeness (QED) is 0.793.